The SMILES string of the molecule is CNS(=O)(=O)c1ccccc1NCc1nncn1C. The van der Waals surface area contributed by atoms with E-state index in [1.807, 2.05) is 7.05 Å². The molecule has 0 unspecified atom stereocenters. The third-order valence-corrected chi connectivity index (χ3v) is 4.16. The predicted octanol–water partition coefficient (Wildman–Crippen LogP) is 0.335. The van der Waals surface area contributed by atoms with Crippen molar-refractivity contribution in [1.29, 1.82) is 0 Å². The molecule has 0 bridgehead atoms. The second-order valence-corrected chi connectivity index (χ2v) is 5.77. The summed E-state index contributed by atoms with van der Waals surface area (Å²) >= 11 is 0. The molecule has 0 saturated heterocycles. The molecule has 0 aliphatic heterocycles. The van der Waals surface area contributed by atoms with E-state index in [4.69, 9.17) is 0 Å². The number of nitrogens with zero attached hydrogens (tertiary/aromatic N) is 3. The maximum Gasteiger partial charge on any atom is 0.242 e. The lowest BCUT2D eigenvalue weighted by Gasteiger charge is -2.11. The number of nitrogens with one attached hydrogen (secondary N) is 2. The van der Waals surface area contributed by atoms with Gasteiger partial charge in [-0.3, -0.25) is 0 Å². The standard InChI is InChI=1S/C11H15N5O2S/c1-12-19(17,18)10-6-4-3-5-9(10)13-7-11-15-14-8-16(11)2/h3-6,8,12-13H,7H2,1-2H3. The highest BCUT2D eigenvalue weighted by Crippen LogP contribution is 2.20. The van der Waals surface area contributed by atoms with Crippen LogP contribution in [-0.2, 0) is 23.6 Å². The van der Waals surface area contributed by atoms with Gasteiger partial charge in [0.25, 0.3) is 0 Å². The van der Waals surface area contributed by atoms with Crippen molar-refractivity contribution in [3.8, 4) is 0 Å². The van der Waals surface area contributed by atoms with Gasteiger partial charge in [-0.1, -0.05) is 12.1 Å². The van der Waals surface area contributed by atoms with Gasteiger partial charge >= 0.3 is 0 Å². The largest absolute Gasteiger partial charge is 0.377 e. The van der Waals surface area contributed by atoms with Crippen LogP contribution in [0.1, 0.15) is 5.82 Å². The van der Waals surface area contributed by atoms with Crippen LogP contribution in [-0.4, -0.2) is 30.2 Å². The third kappa shape index (κ3) is 2.91. The third-order valence-electron chi connectivity index (χ3n) is 2.69. The molecule has 2 rings (SSSR count). The Kier molecular flexibility index (Phi) is 3.82. The second kappa shape index (κ2) is 5.37. The molecule has 1 heterocycles. The monoisotopic (exact) mass is 281 g/mol. The average molecular weight is 281 g/mol. The molecular weight excluding hydrogens is 266 g/mol. The molecule has 0 aliphatic carbocycles. The van der Waals surface area contributed by atoms with Crippen molar-refractivity contribution in [1.82, 2.24) is 19.5 Å². The topological polar surface area (TPSA) is 88.9 Å². The van der Waals surface area contributed by atoms with E-state index < -0.39 is 10.0 Å². The summed E-state index contributed by atoms with van der Waals surface area (Å²) in [5.41, 5.74) is 0.528. The summed E-state index contributed by atoms with van der Waals surface area (Å²) in [4.78, 5) is 0.208. The minimum absolute atomic E-state index is 0.208. The van der Waals surface area contributed by atoms with Gasteiger partial charge < -0.3 is 9.88 Å². The van der Waals surface area contributed by atoms with Crippen LogP contribution >= 0.6 is 0 Å². The van der Waals surface area contributed by atoms with E-state index in [1.54, 1.807) is 35.2 Å². The zero-order chi connectivity index (χ0) is 13.9. The van der Waals surface area contributed by atoms with Crippen molar-refractivity contribution >= 4 is 15.7 Å². The summed E-state index contributed by atoms with van der Waals surface area (Å²) in [5.74, 6) is 0.719. The average Bonchev–Trinajstić information content (AvgIpc) is 2.82. The van der Waals surface area contributed by atoms with E-state index >= 15 is 0 Å². The number of sulfonamides is 1. The lowest BCUT2D eigenvalue weighted by atomic mass is 10.3. The molecule has 0 saturated carbocycles. The van der Waals surface area contributed by atoms with Gasteiger partial charge in [0.05, 0.1) is 12.2 Å². The van der Waals surface area contributed by atoms with Gasteiger partial charge in [0, 0.05) is 7.05 Å². The van der Waals surface area contributed by atoms with E-state index in [-0.39, 0.29) is 4.90 Å². The molecule has 102 valence electrons. The summed E-state index contributed by atoms with van der Waals surface area (Å²) in [6.07, 6.45) is 1.59. The van der Waals surface area contributed by atoms with Gasteiger partial charge in [0.1, 0.15) is 11.2 Å². The minimum atomic E-state index is -3.49. The Balaban J connectivity index is 2.24. The summed E-state index contributed by atoms with van der Waals surface area (Å²) in [6.45, 7) is 0.396. The van der Waals surface area contributed by atoms with Crippen molar-refractivity contribution < 1.29 is 8.42 Å². The molecule has 2 N–H and O–H groups in total. The fourth-order valence-corrected chi connectivity index (χ4v) is 2.51. The molecule has 19 heavy (non-hydrogen) atoms. The normalized spacial score (nSPS) is 11.5. The van der Waals surface area contributed by atoms with Crippen LogP contribution in [0.25, 0.3) is 0 Å². The fraction of sp³-hybridized carbons (Fsp3) is 0.273. The van der Waals surface area contributed by atoms with Crippen LogP contribution < -0.4 is 10.0 Å². The van der Waals surface area contributed by atoms with E-state index in [2.05, 4.69) is 20.2 Å². The van der Waals surface area contributed by atoms with E-state index in [0.717, 1.165) is 5.82 Å². The smallest absolute Gasteiger partial charge is 0.242 e. The Hall–Kier alpha value is -1.93. The Labute approximate surface area is 111 Å². The highest BCUT2D eigenvalue weighted by Gasteiger charge is 2.15. The second-order valence-electron chi connectivity index (χ2n) is 3.92. The summed E-state index contributed by atoms with van der Waals surface area (Å²) in [6, 6.07) is 6.71. The van der Waals surface area contributed by atoms with E-state index in [1.165, 1.54) is 7.05 Å². The first-order valence-electron chi connectivity index (χ1n) is 5.64. The van der Waals surface area contributed by atoms with Crippen molar-refractivity contribution in [3.05, 3.63) is 36.4 Å². The highest BCUT2D eigenvalue weighted by molar-refractivity contribution is 7.89. The molecule has 7 nitrogen and oxygen atoms in total. The van der Waals surface area contributed by atoms with Crippen molar-refractivity contribution in [2.75, 3.05) is 12.4 Å². The number of anilines is 1. The maximum atomic E-state index is 11.9. The molecule has 0 radical (unpaired) electrons. The van der Waals surface area contributed by atoms with Crippen LogP contribution in [0.5, 0.6) is 0 Å². The minimum Gasteiger partial charge on any atom is -0.377 e. The lowest BCUT2D eigenvalue weighted by molar-refractivity contribution is 0.588. The molecule has 0 amide bonds. The molecular formula is C11H15N5O2S. The Bertz CT molecular complexity index is 665. The van der Waals surface area contributed by atoms with Gasteiger partial charge in [-0.25, -0.2) is 13.1 Å². The molecule has 0 fully saturated rings. The van der Waals surface area contributed by atoms with E-state index in [9.17, 15) is 8.42 Å². The maximum absolute atomic E-state index is 11.9. The summed E-state index contributed by atoms with van der Waals surface area (Å²) in [7, 11) is -0.275. The van der Waals surface area contributed by atoms with Gasteiger partial charge in [-0.15, -0.1) is 10.2 Å². The fourth-order valence-electron chi connectivity index (χ4n) is 1.60. The van der Waals surface area contributed by atoms with Gasteiger partial charge in [0.15, 0.2) is 5.82 Å². The lowest BCUT2D eigenvalue weighted by Crippen LogP contribution is -2.20. The number of aromatic nitrogens is 3. The van der Waals surface area contributed by atoms with Gasteiger partial charge in [-0.05, 0) is 19.2 Å². The summed E-state index contributed by atoms with van der Waals surface area (Å²) < 4.78 is 27.8. The molecule has 2 aromatic rings. The number of benzene rings is 1. The Morgan fingerprint density at radius 1 is 1.32 bits per heavy atom. The van der Waals surface area contributed by atoms with E-state index in [0.29, 0.717) is 12.2 Å². The molecule has 1 aromatic carbocycles. The number of aryl methyl sites for hydroxylation is 1. The van der Waals surface area contributed by atoms with Crippen LogP contribution in [0, 0.1) is 0 Å². The molecule has 8 heteroatoms. The zero-order valence-corrected chi connectivity index (χ0v) is 11.5. The van der Waals surface area contributed by atoms with Crippen LogP contribution in [0.4, 0.5) is 5.69 Å². The molecule has 0 spiro atoms. The number of rotatable bonds is 5. The predicted molar refractivity (Wildman–Crippen MR) is 71.0 cm³/mol. The number of hydrogen-bond acceptors (Lipinski definition) is 5. The first-order chi connectivity index (χ1) is 9.04. The van der Waals surface area contributed by atoms with Crippen molar-refractivity contribution in [2.45, 2.75) is 11.4 Å². The molecule has 0 atom stereocenters. The summed E-state index contributed by atoms with van der Waals surface area (Å²) in [5, 5.41) is 10.7. The Morgan fingerprint density at radius 3 is 2.68 bits per heavy atom. The zero-order valence-electron chi connectivity index (χ0n) is 10.7. The van der Waals surface area contributed by atoms with Crippen molar-refractivity contribution in [3.63, 3.8) is 0 Å². The highest BCUT2D eigenvalue weighted by atomic mass is 32.2. The van der Waals surface area contributed by atoms with Crippen molar-refractivity contribution in [2.24, 2.45) is 7.05 Å². The number of para-hydroxylation sites is 1. The quantitative estimate of drug-likeness (QED) is 0.824. The van der Waals surface area contributed by atoms with Crippen LogP contribution in [0.3, 0.4) is 0 Å². The van der Waals surface area contributed by atoms with Gasteiger partial charge in [-0.2, -0.15) is 0 Å². The molecule has 0 aliphatic rings. The molecule has 1 aromatic heterocycles. The van der Waals surface area contributed by atoms with Crippen LogP contribution in [0.2, 0.25) is 0 Å². The Morgan fingerprint density at radius 2 is 2.05 bits per heavy atom. The first-order valence-corrected chi connectivity index (χ1v) is 7.12. The first kappa shape index (κ1) is 13.5. The van der Waals surface area contributed by atoms with Gasteiger partial charge in [0.2, 0.25) is 10.0 Å². The van der Waals surface area contributed by atoms with Crippen LogP contribution in [0.15, 0.2) is 35.5 Å². The number of hydrogen-bond donors (Lipinski definition) is 2.